The first-order valence-corrected chi connectivity index (χ1v) is 16.2. The van der Waals surface area contributed by atoms with Gasteiger partial charge in [-0.2, -0.15) is 0 Å². The number of aromatic hydroxyl groups is 2. The zero-order valence-electron chi connectivity index (χ0n) is 21.8. The minimum atomic E-state index is -1.83. The highest BCUT2D eigenvalue weighted by Crippen LogP contribution is 2.54. The van der Waals surface area contributed by atoms with Gasteiger partial charge < -0.3 is 20.1 Å². The van der Waals surface area contributed by atoms with E-state index in [1.165, 1.54) is 0 Å². The number of hydrogen-bond acceptors (Lipinski definition) is 6. The maximum absolute atomic E-state index is 13.8. The minimum absolute atomic E-state index is 0.0735. The molecule has 36 heavy (non-hydrogen) atoms. The van der Waals surface area contributed by atoms with Crippen molar-refractivity contribution in [3.63, 3.8) is 0 Å². The Kier molecular flexibility index (Phi) is 5.50. The molecule has 0 saturated carbocycles. The van der Waals surface area contributed by atoms with Crippen molar-refractivity contribution in [2.45, 2.75) is 83.4 Å². The number of Topliss-reactive ketones (excluding diaryl/α,β-unsaturated/α-hetero) is 2. The highest BCUT2D eigenvalue weighted by molar-refractivity contribution is 6.83. The molecule has 4 atom stereocenters. The number of carbonyl (C=O) groups excluding carboxylic acids is 2. The summed E-state index contributed by atoms with van der Waals surface area (Å²) in [6.45, 7) is 11.8. The third-order valence-electron chi connectivity index (χ3n) is 7.41. The SMILES string of the molecule is CC(C)(C)OC1CC(O)(C#C[Si](C)(C)C)Cc2c(O)c3c(c(O)c21)C(=O)C1=C(C3=O)[C@@H]2C=C[C@H]1CC2. The predicted octanol–water partition coefficient (Wildman–Crippen LogP) is 4.78. The second-order valence-electron chi connectivity index (χ2n) is 12.6. The average molecular weight is 507 g/mol. The highest BCUT2D eigenvalue weighted by Gasteiger charge is 2.49. The number of allylic oxidation sites excluding steroid dienone is 4. The van der Waals surface area contributed by atoms with Crippen LogP contribution < -0.4 is 0 Å². The molecule has 0 aliphatic heterocycles. The van der Waals surface area contributed by atoms with E-state index < -0.39 is 36.9 Å². The van der Waals surface area contributed by atoms with Crippen LogP contribution in [-0.2, 0) is 11.2 Å². The van der Waals surface area contributed by atoms with E-state index in [4.69, 9.17) is 4.74 Å². The summed E-state index contributed by atoms with van der Waals surface area (Å²) in [7, 11) is -1.83. The zero-order valence-corrected chi connectivity index (χ0v) is 22.8. The zero-order chi connectivity index (χ0) is 26.4. The smallest absolute Gasteiger partial charge is 0.194 e. The first-order chi connectivity index (χ1) is 16.6. The van der Waals surface area contributed by atoms with Crippen molar-refractivity contribution < 1.29 is 29.6 Å². The number of phenolic OH excluding ortho intramolecular Hbond substituents is 2. The lowest BCUT2D eigenvalue weighted by molar-refractivity contribution is -0.0956. The lowest BCUT2D eigenvalue weighted by Gasteiger charge is -2.41. The molecule has 5 aliphatic carbocycles. The number of ether oxygens (including phenoxy) is 1. The summed E-state index contributed by atoms with van der Waals surface area (Å²) in [6.07, 6.45) is 4.67. The maximum Gasteiger partial charge on any atom is 0.194 e. The minimum Gasteiger partial charge on any atom is -0.507 e. The van der Waals surface area contributed by atoms with Gasteiger partial charge in [-0.25, -0.2) is 0 Å². The Bertz CT molecular complexity index is 1330. The molecule has 7 heteroatoms. The third-order valence-corrected chi connectivity index (χ3v) is 8.28. The van der Waals surface area contributed by atoms with E-state index in [1.807, 2.05) is 32.9 Å². The first-order valence-electron chi connectivity index (χ1n) is 12.7. The molecular weight excluding hydrogens is 472 g/mol. The van der Waals surface area contributed by atoms with Gasteiger partial charge in [-0.05, 0) is 33.6 Å². The van der Waals surface area contributed by atoms with Crippen LogP contribution in [0.15, 0.2) is 23.3 Å². The summed E-state index contributed by atoms with van der Waals surface area (Å²) in [5, 5.41) is 34.6. The molecule has 0 radical (unpaired) electrons. The molecule has 6 rings (SSSR count). The number of ketones is 2. The molecule has 0 fully saturated rings. The van der Waals surface area contributed by atoms with Crippen LogP contribution in [0.2, 0.25) is 19.6 Å². The summed E-state index contributed by atoms with van der Waals surface area (Å²) >= 11 is 0. The number of rotatable bonds is 1. The van der Waals surface area contributed by atoms with Gasteiger partial charge in [0.25, 0.3) is 0 Å². The van der Waals surface area contributed by atoms with Gasteiger partial charge in [0.2, 0.25) is 0 Å². The fourth-order valence-corrected chi connectivity index (χ4v) is 6.62. The normalized spacial score (nSPS) is 28.9. The topological polar surface area (TPSA) is 104 Å². The van der Waals surface area contributed by atoms with Gasteiger partial charge in [-0.15, -0.1) is 5.54 Å². The Balaban J connectivity index is 1.73. The van der Waals surface area contributed by atoms with Crippen molar-refractivity contribution >= 4 is 19.6 Å². The molecule has 0 spiro atoms. The molecule has 190 valence electrons. The van der Waals surface area contributed by atoms with Crippen LogP contribution in [-0.4, -0.2) is 46.2 Å². The summed E-state index contributed by atoms with van der Waals surface area (Å²) in [4.78, 5) is 27.5. The van der Waals surface area contributed by atoms with E-state index in [0.29, 0.717) is 11.1 Å². The molecule has 3 N–H and O–H groups in total. The van der Waals surface area contributed by atoms with Crippen LogP contribution in [0.3, 0.4) is 0 Å². The summed E-state index contributed by atoms with van der Waals surface area (Å²) in [6, 6.07) is 0. The van der Waals surface area contributed by atoms with Crippen molar-refractivity contribution in [2.24, 2.45) is 11.8 Å². The Hall–Kier alpha value is -2.66. The van der Waals surface area contributed by atoms with Gasteiger partial charge in [-0.1, -0.05) is 37.7 Å². The Labute approximate surface area is 213 Å². The maximum atomic E-state index is 13.8. The Morgan fingerprint density at radius 1 is 0.972 bits per heavy atom. The molecule has 1 aromatic rings. The van der Waals surface area contributed by atoms with Crippen LogP contribution in [0.25, 0.3) is 0 Å². The number of benzene rings is 1. The van der Waals surface area contributed by atoms with E-state index in [9.17, 15) is 24.9 Å². The van der Waals surface area contributed by atoms with Crippen molar-refractivity contribution in [3.8, 4) is 23.0 Å². The van der Waals surface area contributed by atoms with Crippen LogP contribution >= 0.6 is 0 Å². The van der Waals surface area contributed by atoms with Gasteiger partial charge >= 0.3 is 0 Å². The van der Waals surface area contributed by atoms with E-state index >= 15 is 0 Å². The second-order valence-corrected chi connectivity index (χ2v) is 17.4. The largest absolute Gasteiger partial charge is 0.507 e. The van der Waals surface area contributed by atoms with Crippen LogP contribution in [0.4, 0.5) is 0 Å². The standard InChI is InChI=1S/C29H34O6Si/c1-28(2,3)35-18-14-29(34,11-12-36(4,5)6)13-17-21(18)27(33)23-22(24(17)30)25(31)19-15-7-9-16(10-8-15)20(19)26(23)32/h7,9,15-16,18,30,33-34H,8,10,13-14H2,1-6H3/t15-,16+,18?,29?/m1/s1. The van der Waals surface area contributed by atoms with Crippen molar-refractivity contribution in [3.05, 3.63) is 45.6 Å². The number of hydrogen-bond donors (Lipinski definition) is 3. The molecule has 6 nitrogen and oxygen atoms in total. The Morgan fingerprint density at radius 2 is 1.50 bits per heavy atom. The molecule has 2 unspecified atom stereocenters. The Morgan fingerprint density at radius 3 is 1.97 bits per heavy atom. The molecule has 0 saturated heterocycles. The quantitative estimate of drug-likeness (QED) is 0.219. The lowest BCUT2D eigenvalue weighted by Crippen LogP contribution is -2.41. The second kappa shape index (κ2) is 7.92. The van der Waals surface area contributed by atoms with Crippen molar-refractivity contribution in [1.82, 2.24) is 0 Å². The fourth-order valence-electron chi connectivity index (χ4n) is 6.01. The molecule has 2 bridgehead atoms. The summed E-state index contributed by atoms with van der Waals surface area (Å²) < 4.78 is 6.27. The van der Waals surface area contributed by atoms with E-state index in [-0.39, 0.29) is 58.4 Å². The predicted molar refractivity (Wildman–Crippen MR) is 139 cm³/mol. The van der Waals surface area contributed by atoms with Gasteiger partial charge in [0.1, 0.15) is 25.2 Å². The van der Waals surface area contributed by atoms with E-state index in [1.54, 1.807) is 0 Å². The molecule has 5 aliphatic rings. The first kappa shape index (κ1) is 25.0. The van der Waals surface area contributed by atoms with E-state index in [0.717, 1.165) is 12.8 Å². The number of carbonyl (C=O) groups is 2. The van der Waals surface area contributed by atoms with Crippen LogP contribution in [0.5, 0.6) is 11.5 Å². The monoisotopic (exact) mass is 506 g/mol. The van der Waals surface area contributed by atoms with Crippen LogP contribution in [0, 0.1) is 23.3 Å². The van der Waals surface area contributed by atoms with Crippen molar-refractivity contribution in [1.29, 1.82) is 0 Å². The number of fused-ring (bicyclic) bond motifs is 3. The van der Waals surface area contributed by atoms with E-state index in [2.05, 4.69) is 31.1 Å². The van der Waals surface area contributed by atoms with Gasteiger partial charge in [0.15, 0.2) is 11.6 Å². The van der Waals surface area contributed by atoms with Gasteiger partial charge in [0, 0.05) is 47.0 Å². The molecule has 1 aromatic carbocycles. The van der Waals surface area contributed by atoms with Gasteiger partial charge in [0.05, 0.1) is 22.8 Å². The van der Waals surface area contributed by atoms with Crippen molar-refractivity contribution in [2.75, 3.05) is 0 Å². The third kappa shape index (κ3) is 3.96. The number of phenols is 2. The number of aliphatic hydroxyl groups is 1. The van der Waals surface area contributed by atoms with Gasteiger partial charge in [-0.3, -0.25) is 9.59 Å². The molecule has 0 heterocycles. The molecular formula is C29H34O6Si. The highest BCUT2D eigenvalue weighted by atomic mass is 28.3. The van der Waals surface area contributed by atoms with Crippen LogP contribution in [0.1, 0.15) is 78.0 Å². The lowest BCUT2D eigenvalue weighted by atomic mass is 9.63. The molecule has 0 amide bonds. The summed E-state index contributed by atoms with van der Waals surface area (Å²) in [5.41, 5.74) is 2.13. The average Bonchev–Trinajstić information content (AvgIpc) is 2.77. The fraction of sp³-hybridized carbons (Fsp3) is 0.517. The molecule has 0 aromatic heterocycles. The summed E-state index contributed by atoms with van der Waals surface area (Å²) in [5.74, 6) is 1.21.